The smallest absolute Gasteiger partial charge is 0.271 e. The first kappa shape index (κ1) is 15.9. The molecule has 4 nitrogen and oxygen atoms in total. The number of hydrogen-bond acceptors (Lipinski definition) is 4. The van der Waals surface area contributed by atoms with E-state index in [0.29, 0.717) is 23.8 Å². The summed E-state index contributed by atoms with van der Waals surface area (Å²) in [6, 6.07) is 7.35. The van der Waals surface area contributed by atoms with Crippen molar-refractivity contribution in [1.82, 2.24) is 10.3 Å². The second-order valence-corrected chi connectivity index (χ2v) is 4.88. The Hall–Kier alpha value is -1.14. The minimum Gasteiger partial charge on any atom is -0.349 e. The molecule has 0 spiro atoms. The Kier molecular flexibility index (Phi) is 6.24. The Balaban J connectivity index is 0.00000180. The van der Waals surface area contributed by atoms with Gasteiger partial charge in [0.05, 0.1) is 10.4 Å². The van der Waals surface area contributed by atoms with Crippen LogP contribution in [-0.4, -0.2) is 24.0 Å². The van der Waals surface area contributed by atoms with E-state index in [1.54, 1.807) is 11.6 Å². The van der Waals surface area contributed by atoms with E-state index >= 15 is 0 Å². The highest BCUT2D eigenvalue weighted by Gasteiger charge is 2.15. The molecule has 0 aliphatic rings. The average molecular weight is 318 g/mol. The number of nitrogens with one attached hydrogen (secondary N) is 1. The fraction of sp³-hybridized carbons (Fsp3) is 0.167. The summed E-state index contributed by atoms with van der Waals surface area (Å²) in [5, 5.41) is 3.34. The molecule has 0 atom stereocenters. The van der Waals surface area contributed by atoms with E-state index in [4.69, 9.17) is 17.3 Å². The van der Waals surface area contributed by atoms with Crippen molar-refractivity contribution in [3.63, 3.8) is 0 Å². The van der Waals surface area contributed by atoms with Gasteiger partial charge in [0.1, 0.15) is 5.69 Å². The van der Waals surface area contributed by atoms with Crippen molar-refractivity contribution in [2.75, 3.05) is 13.1 Å². The molecule has 3 N–H and O–H groups in total. The molecule has 0 saturated carbocycles. The molecular weight excluding hydrogens is 305 g/mol. The fourth-order valence-corrected chi connectivity index (χ4v) is 2.49. The van der Waals surface area contributed by atoms with Crippen LogP contribution in [0.1, 0.15) is 10.5 Å². The summed E-state index contributed by atoms with van der Waals surface area (Å²) in [5.41, 5.74) is 8.30. The predicted octanol–water partition coefficient (Wildman–Crippen LogP) is 2.57. The second-order valence-electron chi connectivity index (χ2n) is 3.59. The van der Waals surface area contributed by atoms with Crippen LogP contribution in [0.3, 0.4) is 0 Å². The normalized spacial score (nSPS) is 9.79. The van der Waals surface area contributed by atoms with E-state index < -0.39 is 0 Å². The number of halogens is 2. The number of amides is 1. The van der Waals surface area contributed by atoms with Gasteiger partial charge in [0, 0.05) is 18.1 Å². The molecule has 1 aromatic heterocycles. The number of rotatable bonds is 4. The quantitative estimate of drug-likeness (QED) is 0.910. The van der Waals surface area contributed by atoms with Crippen molar-refractivity contribution >= 4 is 41.3 Å². The van der Waals surface area contributed by atoms with Gasteiger partial charge in [0.2, 0.25) is 0 Å². The summed E-state index contributed by atoms with van der Waals surface area (Å²) in [7, 11) is 0. The maximum atomic E-state index is 11.9. The Morgan fingerprint density at radius 3 is 2.95 bits per heavy atom. The molecular formula is C12H13Cl2N3OS. The molecule has 0 fully saturated rings. The largest absolute Gasteiger partial charge is 0.349 e. The molecule has 0 bridgehead atoms. The molecule has 7 heteroatoms. The fourth-order valence-electron chi connectivity index (χ4n) is 1.51. The molecule has 0 aliphatic carbocycles. The van der Waals surface area contributed by atoms with E-state index in [-0.39, 0.29) is 18.3 Å². The van der Waals surface area contributed by atoms with Crippen molar-refractivity contribution < 1.29 is 4.79 Å². The van der Waals surface area contributed by atoms with Crippen LogP contribution < -0.4 is 11.1 Å². The van der Waals surface area contributed by atoms with Crippen LogP contribution >= 0.6 is 35.3 Å². The van der Waals surface area contributed by atoms with Crippen molar-refractivity contribution in [2.45, 2.75) is 0 Å². The summed E-state index contributed by atoms with van der Waals surface area (Å²) in [4.78, 5) is 16.8. The lowest BCUT2D eigenvalue weighted by atomic mass is 10.1. The summed E-state index contributed by atoms with van der Waals surface area (Å²) in [6.07, 6.45) is 0. The topological polar surface area (TPSA) is 68.0 Å². The van der Waals surface area contributed by atoms with Crippen LogP contribution in [0.2, 0.25) is 5.02 Å². The molecule has 1 aromatic carbocycles. The van der Waals surface area contributed by atoms with Crippen molar-refractivity contribution in [2.24, 2.45) is 5.73 Å². The van der Waals surface area contributed by atoms with Crippen molar-refractivity contribution in [3.05, 3.63) is 40.5 Å². The van der Waals surface area contributed by atoms with E-state index in [9.17, 15) is 4.79 Å². The molecule has 0 radical (unpaired) electrons. The zero-order valence-electron chi connectivity index (χ0n) is 9.93. The number of hydrogen-bond donors (Lipinski definition) is 2. The third-order valence-electron chi connectivity index (χ3n) is 2.30. The maximum Gasteiger partial charge on any atom is 0.271 e. The second kappa shape index (κ2) is 7.45. The number of nitrogens with zero attached hydrogens (tertiary/aromatic N) is 1. The highest BCUT2D eigenvalue weighted by atomic mass is 35.5. The summed E-state index contributed by atoms with van der Waals surface area (Å²) < 4.78 is 0. The lowest BCUT2D eigenvalue weighted by Gasteiger charge is -2.04. The minimum absolute atomic E-state index is 0. The Bertz CT molecular complexity index is 559. The Labute approximate surface area is 126 Å². The summed E-state index contributed by atoms with van der Waals surface area (Å²) >= 11 is 7.36. The minimum atomic E-state index is -0.211. The molecule has 1 heterocycles. The SMILES string of the molecule is Cl.NCCNC(=O)c1ncsc1-c1cccc(Cl)c1. The Morgan fingerprint density at radius 2 is 2.26 bits per heavy atom. The van der Waals surface area contributed by atoms with Gasteiger partial charge < -0.3 is 11.1 Å². The van der Waals surface area contributed by atoms with Crippen LogP contribution in [0, 0.1) is 0 Å². The summed E-state index contributed by atoms with van der Waals surface area (Å²) in [6.45, 7) is 0.841. The molecule has 2 rings (SSSR count). The van der Waals surface area contributed by atoms with Crippen LogP contribution in [0.5, 0.6) is 0 Å². The predicted molar refractivity (Wildman–Crippen MR) is 81.2 cm³/mol. The monoisotopic (exact) mass is 317 g/mol. The number of carbonyl (C=O) groups is 1. The van der Waals surface area contributed by atoms with Gasteiger partial charge in [-0.3, -0.25) is 4.79 Å². The van der Waals surface area contributed by atoms with E-state index in [0.717, 1.165) is 10.4 Å². The molecule has 19 heavy (non-hydrogen) atoms. The molecule has 0 aliphatic heterocycles. The van der Waals surface area contributed by atoms with E-state index in [2.05, 4.69) is 10.3 Å². The van der Waals surface area contributed by atoms with Gasteiger partial charge in [-0.05, 0) is 17.7 Å². The van der Waals surface area contributed by atoms with Gasteiger partial charge >= 0.3 is 0 Å². The number of aromatic nitrogens is 1. The van der Waals surface area contributed by atoms with Gasteiger partial charge in [-0.25, -0.2) is 4.98 Å². The van der Waals surface area contributed by atoms with E-state index in [1.165, 1.54) is 11.3 Å². The molecule has 0 unspecified atom stereocenters. The highest BCUT2D eigenvalue weighted by Crippen LogP contribution is 2.29. The number of thiazole rings is 1. The first-order valence-electron chi connectivity index (χ1n) is 5.40. The van der Waals surface area contributed by atoms with Crippen LogP contribution in [0.4, 0.5) is 0 Å². The van der Waals surface area contributed by atoms with Crippen LogP contribution in [-0.2, 0) is 0 Å². The van der Waals surface area contributed by atoms with Gasteiger partial charge in [-0.1, -0.05) is 23.7 Å². The zero-order chi connectivity index (χ0) is 13.0. The first-order valence-corrected chi connectivity index (χ1v) is 6.66. The lowest BCUT2D eigenvalue weighted by molar-refractivity contribution is 0.0951. The van der Waals surface area contributed by atoms with Crippen molar-refractivity contribution in [1.29, 1.82) is 0 Å². The molecule has 1 amide bonds. The van der Waals surface area contributed by atoms with Gasteiger partial charge in [-0.2, -0.15) is 0 Å². The number of benzene rings is 1. The average Bonchev–Trinajstić information content (AvgIpc) is 2.85. The van der Waals surface area contributed by atoms with Gasteiger partial charge in [-0.15, -0.1) is 23.7 Å². The standard InChI is InChI=1S/C12H12ClN3OS.ClH/c13-9-3-1-2-8(6-9)11-10(16-7-18-11)12(17)15-5-4-14;/h1-3,6-7H,4-5,14H2,(H,15,17);1H. The maximum absolute atomic E-state index is 11.9. The molecule has 102 valence electrons. The Morgan fingerprint density at radius 1 is 1.47 bits per heavy atom. The number of carbonyl (C=O) groups excluding carboxylic acids is 1. The number of nitrogens with two attached hydrogens (primary N) is 1. The van der Waals surface area contributed by atoms with Gasteiger partial charge in [0.15, 0.2) is 0 Å². The third-order valence-corrected chi connectivity index (χ3v) is 3.41. The summed E-state index contributed by atoms with van der Waals surface area (Å²) in [5.74, 6) is -0.211. The molecule has 2 aromatic rings. The van der Waals surface area contributed by atoms with Gasteiger partial charge in [0.25, 0.3) is 5.91 Å². The highest BCUT2D eigenvalue weighted by molar-refractivity contribution is 7.13. The first-order chi connectivity index (χ1) is 8.72. The van der Waals surface area contributed by atoms with E-state index in [1.807, 2.05) is 18.2 Å². The lowest BCUT2D eigenvalue weighted by Crippen LogP contribution is -2.29. The van der Waals surface area contributed by atoms with Crippen molar-refractivity contribution in [3.8, 4) is 10.4 Å². The molecule has 0 saturated heterocycles. The zero-order valence-corrected chi connectivity index (χ0v) is 12.3. The van der Waals surface area contributed by atoms with Crippen LogP contribution in [0.25, 0.3) is 10.4 Å². The third kappa shape index (κ3) is 3.91. The van der Waals surface area contributed by atoms with Crippen LogP contribution in [0.15, 0.2) is 29.8 Å².